The fourth-order valence-electron chi connectivity index (χ4n) is 0.437. The number of nitrogens with two attached hydrogens (primary N) is 1. The number of ketones is 1. The molecular formula is C4H6N4O. The predicted octanol–water partition coefficient (Wildman–Crippen LogP) is -1.05. The van der Waals surface area contributed by atoms with Crippen LogP contribution in [0.5, 0.6) is 0 Å². The molecule has 0 bridgehead atoms. The second kappa shape index (κ2) is 2.36. The number of aromatic amines is 1. The highest BCUT2D eigenvalue weighted by Gasteiger charge is 2.03. The summed E-state index contributed by atoms with van der Waals surface area (Å²) in [5.41, 5.74) is 5.03. The van der Waals surface area contributed by atoms with Crippen LogP contribution >= 0.6 is 0 Å². The zero-order valence-electron chi connectivity index (χ0n) is 4.66. The van der Waals surface area contributed by atoms with E-state index in [0.29, 0.717) is 0 Å². The van der Waals surface area contributed by atoms with Crippen LogP contribution in [0.1, 0.15) is 10.6 Å². The van der Waals surface area contributed by atoms with E-state index in [4.69, 9.17) is 5.73 Å². The molecule has 0 aliphatic carbocycles. The van der Waals surface area contributed by atoms with Gasteiger partial charge in [0, 0.05) is 0 Å². The first-order chi connectivity index (χ1) is 4.34. The lowest BCUT2D eigenvalue weighted by molar-refractivity contribution is 0.0992. The summed E-state index contributed by atoms with van der Waals surface area (Å²) in [6.07, 6.45) is 1.27. The van der Waals surface area contributed by atoms with E-state index in [9.17, 15) is 4.79 Å². The normalized spacial score (nSPS) is 9.44. The quantitative estimate of drug-likeness (QED) is 0.495. The average molecular weight is 126 g/mol. The summed E-state index contributed by atoms with van der Waals surface area (Å²) in [4.78, 5) is 14.2. The van der Waals surface area contributed by atoms with Gasteiger partial charge in [-0.3, -0.25) is 9.89 Å². The van der Waals surface area contributed by atoms with Crippen molar-refractivity contribution in [3.8, 4) is 0 Å². The van der Waals surface area contributed by atoms with E-state index < -0.39 is 0 Å². The minimum atomic E-state index is -0.229. The molecule has 0 radical (unpaired) electrons. The lowest BCUT2D eigenvalue weighted by atomic mass is 10.4. The Bertz CT molecular complexity index is 192. The third-order valence-corrected chi connectivity index (χ3v) is 0.865. The molecule has 0 aliphatic heterocycles. The average Bonchev–Trinajstić information content (AvgIpc) is 2.37. The van der Waals surface area contributed by atoms with Crippen LogP contribution in [0.25, 0.3) is 0 Å². The Balaban J connectivity index is 2.77. The highest BCUT2D eigenvalue weighted by molar-refractivity contribution is 5.93. The molecule has 9 heavy (non-hydrogen) atoms. The number of nitrogens with one attached hydrogen (secondary N) is 1. The van der Waals surface area contributed by atoms with Crippen LogP contribution in [-0.2, 0) is 0 Å². The molecule has 5 heteroatoms. The van der Waals surface area contributed by atoms with Crippen molar-refractivity contribution in [1.29, 1.82) is 0 Å². The molecule has 1 rings (SSSR count). The third kappa shape index (κ3) is 1.11. The smallest absolute Gasteiger partial charge is 0.213 e. The minimum absolute atomic E-state index is 0.0325. The molecule has 0 spiro atoms. The second-order valence-electron chi connectivity index (χ2n) is 1.46. The van der Waals surface area contributed by atoms with Gasteiger partial charge in [0.25, 0.3) is 0 Å². The van der Waals surface area contributed by atoms with Gasteiger partial charge in [-0.1, -0.05) is 0 Å². The lowest BCUT2D eigenvalue weighted by Gasteiger charge is -1.85. The number of aromatic nitrogens is 3. The Morgan fingerprint density at radius 3 is 3.11 bits per heavy atom. The minimum Gasteiger partial charge on any atom is -0.324 e. The maximum atomic E-state index is 10.6. The maximum absolute atomic E-state index is 10.6. The standard InChI is InChI=1S/C4H6N4O/c5-1-3(9)4-6-2-7-8-4/h2H,1,5H2,(H,6,7,8). The molecule has 1 heterocycles. The van der Waals surface area contributed by atoms with E-state index in [1.54, 1.807) is 0 Å². The van der Waals surface area contributed by atoms with E-state index >= 15 is 0 Å². The summed E-state index contributed by atoms with van der Waals surface area (Å²) in [5, 5.41) is 5.88. The predicted molar refractivity (Wildman–Crippen MR) is 29.8 cm³/mol. The van der Waals surface area contributed by atoms with Crippen molar-refractivity contribution >= 4 is 5.78 Å². The lowest BCUT2D eigenvalue weighted by Crippen LogP contribution is -2.14. The van der Waals surface area contributed by atoms with Crippen molar-refractivity contribution in [1.82, 2.24) is 15.2 Å². The summed E-state index contributed by atoms with van der Waals surface area (Å²) in [7, 11) is 0. The number of nitrogens with zero attached hydrogens (tertiary/aromatic N) is 2. The molecule has 0 atom stereocenters. The van der Waals surface area contributed by atoms with Crippen molar-refractivity contribution in [2.75, 3.05) is 6.54 Å². The van der Waals surface area contributed by atoms with E-state index in [2.05, 4.69) is 15.2 Å². The number of Topliss-reactive ketones (excluding diaryl/α,β-unsaturated/α-hetero) is 1. The molecule has 1 aromatic rings. The van der Waals surface area contributed by atoms with Crippen LogP contribution in [0.4, 0.5) is 0 Å². The summed E-state index contributed by atoms with van der Waals surface area (Å²) in [6.45, 7) is -0.0325. The number of H-pyrrole nitrogens is 1. The Morgan fingerprint density at radius 1 is 1.89 bits per heavy atom. The topological polar surface area (TPSA) is 84.7 Å². The first-order valence-corrected chi connectivity index (χ1v) is 2.43. The first kappa shape index (κ1) is 5.90. The van der Waals surface area contributed by atoms with Crippen molar-refractivity contribution in [2.45, 2.75) is 0 Å². The molecule has 0 fully saturated rings. The van der Waals surface area contributed by atoms with Gasteiger partial charge >= 0.3 is 0 Å². The Labute approximate surface area is 51.3 Å². The van der Waals surface area contributed by atoms with E-state index in [1.165, 1.54) is 6.33 Å². The first-order valence-electron chi connectivity index (χ1n) is 2.43. The van der Waals surface area contributed by atoms with Crippen LogP contribution in [-0.4, -0.2) is 27.5 Å². The fraction of sp³-hybridized carbons (Fsp3) is 0.250. The van der Waals surface area contributed by atoms with Gasteiger partial charge in [-0.25, -0.2) is 4.98 Å². The summed E-state index contributed by atoms with van der Waals surface area (Å²) in [6, 6.07) is 0. The highest BCUT2D eigenvalue weighted by Crippen LogP contribution is 1.83. The van der Waals surface area contributed by atoms with Gasteiger partial charge in [-0.15, -0.1) is 0 Å². The summed E-state index contributed by atoms with van der Waals surface area (Å²) < 4.78 is 0. The molecule has 48 valence electrons. The molecule has 0 saturated carbocycles. The zero-order valence-corrected chi connectivity index (χ0v) is 4.66. The molecule has 5 nitrogen and oxygen atoms in total. The highest BCUT2D eigenvalue weighted by atomic mass is 16.1. The van der Waals surface area contributed by atoms with E-state index in [0.717, 1.165) is 0 Å². The van der Waals surface area contributed by atoms with Crippen molar-refractivity contribution in [3.63, 3.8) is 0 Å². The summed E-state index contributed by atoms with van der Waals surface area (Å²) in [5.74, 6) is -0.00926. The number of carbonyl (C=O) groups excluding carboxylic acids is 1. The Kier molecular flexibility index (Phi) is 1.55. The van der Waals surface area contributed by atoms with Crippen LogP contribution in [0.15, 0.2) is 6.33 Å². The molecule has 3 N–H and O–H groups in total. The van der Waals surface area contributed by atoms with Gasteiger partial charge in [-0.05, 0) is 0 Å². The van der Waals surface area contributed by atoms with Crippen LogP contribution in [0.3, 0.4) is 0 Å². The second-order valence-corrected chi connectivity index (χ2v) is 1.46. The number of rotatable bonds is 2. The monoisotopic (exact) mass is 126 g/mol. The molecule has 0 aliphatic rings. The van der Waals surface area contributed by atoms with Crippen LogP contribution in [0, 0.1) is 0 Å². The number of hydrogen-bond donors (Lipinski definition) is 2. The number of hydrogen-bond acceptors (Lipinski definition) is 4. The van der Waals surface area contributed by atoms with Gasteiger partial charge in [0.2, 0.25) is 5.78 Å². The number of carbonyl (C=O) groups is 1. The van der Waals surface area contributed by atoms with Crippen molar-refractivity contribution < 1.29 is 4.79 Å². The van der Waals surface area contributed by atoms with Crippen molar-refractivity contribution in [2.24, 2.45) is 5.73 Å². The van der Waals surface area contributed by atoms with Gasteiger partial charge in [-0.2, -0.15) is 5.10 Å². The molecule has 0 amide bonds. The van der Waals surface area contributed by atoms with Crippen LogP contribution < -0.4 is 5.73 Å². The van der Waals surface area contributed by atoms with Crippen LogP contribution in [0.2, 0.25) is 0 Å². The summed E-state index contributed by atoms with van der Waals surface area (Å²) >= 11 is 0. The van der Waals surface area contributed by atoms with E-state index in [1.807, 2.05) is 0 Å². The van der Waals surface area contributed by atoms with Gasteiger partial charge in [0.15, 0.2) is 5.82 Å². The largest absolute Gasteiger partial charge is 0.324 e. The zero-order chi connectivity index (χ0) is 6.69. The van der Waals surface area contributed by atoms with Gasteiger partial charge < -0.3 is 5.73 Å². The Hall–Kier alpha value is -1.23. The molecule has 0 unspecified atom stereocenters. The van der Waals surface area contributed by atoms with E-state index in [-0.39, 0.29) is 18.2 Å². The molecule has 0 aromatic carbocycles. The SMILES string of the molecule is NCC(=O)c1ncn[nH]1. The maximum Gasteiger partial charge on any atom is 0.213 e. The molecule has 0 saturated heterocycles. The molecule has 1 aromatic heterocycles. The van der Waals surface area contributed by atoms with Crippen molar-refractivity contribution in [3.05, 3.63) is 12.2 Å². The fourth-order valence-corrected chi connectivity index (χ4v) is 0.437. The molecular weight excluding hydrogens is 120 g/mol. The third-order valence-electron chi connectivity index (χ3n) is 0.865. The van der Waals surface area contributed by atoms with Gasteiger partial charge in [0.05, 0.1) is 6.54 Å². The Morgan fingerprint density at radius 2 is 2.67 bits per heavy atom. The van der Waals surface area contributed by atoms with Gasteiger partial charge in [0.1, 0.15) is 6.33 Å².